The molecule has 2 unspecified atom stereocenters. The summed E-state index contributed by atoms with van der Waals surface area (Å²) < 4.78 is 0. The highest BCUT2D eigenvalue weighted by Gasteiger charge is 2.23. The predicted molar refractivity (Wildman–Crippen MR) is 67.4 cm³/mol. The molecule has 1 aliphatic heterocycles. The number of likely N-dealkylation sites (tertiary alicyclic amines) is 1. The summed E-state index contributed by atoms with van der Waals surface area (Å²) in [4.78, 5) is 14.0. The Morgan fingerprint density at radius 1 is 1.50 bits per heavy atom. The van der Waals surface area contributed by atoms with Crippen LogP contribution in [0.25, 0.3) is 0 Å². The van der Waals surface area contributed by atoms with Crippen LogP contribution in [0.4, 0.5) is 4.79 Å². The van der Waals surface area contributed by atoms with Crippen LogP contribution in [0.1, 0.15) is 47.0 Å². The lowest BCUT2D eigenvalue weighted by Gasteiger charge is -2.33. The molecule has 1 fully saturated rings. The molecule has 0 bridgehead atoms. The lowest BCUT2D eigenvalue weighted by Crippen LogP contribution is -2.49. The first-order chi connectivity index (χ1) is 7.54. The summed E-state index contributed by atoms with van der Waals surface area (Å²) in [5.74, 6) is 1.16. The van der Waals surface area contributed by atoms with Crippen molar-refractivity contribution in [2.75, 3.05) is 13.1 Å². The van der Waals surface area contributed by atoms with Gasteiger partial charge in [0.05, 0.1) is 0 Å². The molecule has 1 aliphatic rings. The van der Waals surface area contributed by atoms with Gasteiger partial charge in [0.25, 0.3) is 0 Å². The van der Waals surface area contributed by atoms with Gasteiger partial charge >= 0.3 is 6.03 Å². The van der Waals surface area contributed by atoms with Gasteiger partial charge in [-0.25, -0.2) is 4.79 Å². The van der Waals surface area contributed by atoms with E-state index in [-0.39, 0.29) is 6.03 Å². The molecule has 0 aromatic rings. The van der Waals surface area contributed by atoms with Crippen molar-refractivity contribution in [3.05, 3.63) is 0 Å². The van der Waals surface area contributed by atoms with E-state index in [0.717, 1.165) is 25.9 Å². The van der Waals surface area contributed by atoms with E-state index in [1.165, 1.54) is 6.42 Å². The van der Waals surface area contributed by atoms with E-state index in [2.05, 4.69) is 33.0 Å². The molecule has 16 heavy (non-hydrogen) atoms. The summed E-state index contributed by atoms with van der Waals surface area (Å²) in [5.41, 5.74) is 0. The number of urea groups is 1. The third-order valence-corrected chi connectivity index (χ3v) is 3.50. The third-order valence-electron chi connectivity index (χ3n) is 3.50. The minimum absolute atomic E-state index is 0.132. The van der Waals surface area contributed by atoms with Crippen LogP contribution >= 0.6 is 0 Å². The zero-order valence-electron chi connectivity index (χ0n) is 11.1. The van der Waals surface area contributed by atoms with Gasteiger partial charge in [-0.05, 0) is 31.1 Å². The summed E-state index contributed by atoms with van der Waals surface area (Å²) in [6.45, 7) is 10.5. The van der Waals surface area contributed by atoms with E-state index in [1.807, 2.05) is 4.90 Å². The van der Waals surface area contributed by atoms with Crippen LogP contribution in [0.15, 0.2) is 0 Å². The lowest BCUT2D eigenvalue weighted by atomic mass is 10.00. The Labute approximate surface area is 99.6 Å². The summed E-state index contributed by atoms with van der Waals surface area (Å²) in [6, 6.07) is 0.442. The number of nitrogens with one attached hydrogen (secondary N) is 1. The van der Waals surface area contributed by atoms with Crippen molar-refractivity contribution in [1.82, 2.24) is 10.2 Å². The van der Waals surface area contributed by atoms with Crippen LogP contribution in [0.5, 0.6) is 0 Å². The molecule has 1 saturated heterocycles. The smallest absolute Gasteiger partial charge is 0.317 e. The molecule has 3 nitrogen and oxygen atoms in total. The van der Waals surface area contributed by atoms with Crippen LogP contribution in [0.3, 0.4) is 0 Å². The molecule has 94 valence electrons. The largest absolute Gasteiger partial charge is 0.335 e. The highest BCUT2D eigenvalue weighted by molar-refractivity contribution is 5.74. The Morgan fingerprint density at radius 2 is 2.19 bits per heavy atom. The van der Waals surface area contributed by atoms with Crippen molar-refractivity contribution in [2.24, 2.45) is 11.8 Å². The fourth-order valence-corrected chi connectivity index (χ4v) is 2.36. The van der Waals surface area contributed by atoms with Crippen LogP contribution in [-0.2, 0) is 0 Å². The Bertz CT molecular complexity index is 228. The molecule has 3 heteroatoms. The third kappa shape index (κ3) is 3.69. The van der Waals surface area contributed by atoms with E-state index in [0.29, 0.717) is 17.9 Å². The van der Waals surface area contributed by atoms with Crippen molar-refractivity contribution in [2.45, 2.75) is 53.0 Å². The molecule has 2 amide bonds. The molecule has 0 saturated carbocycles. The van der Waals surface area contributed by atoms with Gasteiger partial charge in [0.1, 0.15) is 0 Å². The molecular formula is C13H26N2O. The molecule has 1 rings (SSSR count). The van der Waals surface area contributed by atoms with Gasteiger partial charge in [-0.2, -0.15) is 0 Å². The quantitative estimate of drug-likeness (QED) is 0.788. The molecule has 0 aromatic heterocycles. The van der Waals surface area contributed by atoms with Gasteiger partial charge in [-0.15, -0.1) is 0 Å². The normalized spacial score (nSPS) is 23.3. The van der Waals surface area contributed by atoms with Crippen molar-refractivity contribution in [3.63, 3.8) is 0 Å². The second-order valence-electron chi connectivity index (χ2n) is 5.40. The summed E-state index contributed by atoms with van der Waals surface area (Å²) in [7, 11) is 0. The zero-order valence-corrected chi connectivity index (χ0v) is 11.1. The zero-order chi connectivity index (χ0) is 12.1. The predicted octanol–water partition coefficient (Wildman–Crippen LogP) is 2.86. The van der Waals surface area contributed by atoms with E-state index < -0.39 is 0 Å². The number of carbonyl (C=O) groups excluding carboxylic acids is 1. The first kappa shape index (κ1) is 13.3. The monoisotopic (exact) mass is 226 g/mol. The van der Waals surface area contributed by atoms with Crippen molar-refractivity contribution >= 4 is 6.03 Å². The minimum Gasteiger partial charge on any atom is -0.335 e. The first-order valence-corrected chi connectivity index (χ1v) is 6.60. The Kier molecular flexibility index (Phi) is 5.10. The summed E-state index contributed by atoms with van der Waals surface area (Å²) >= 11 is 0. The van der Waals surface area contributed by atoms with Gasteiger partial charge in [0.15, 0.2) is 0 Å². The second-order valence-corrected chi connectivity index (χ2v) is 5.40. The maximum Gasteiger partial charge on any atom is 0.317 e. The van der Waals surface area contributed by atoms with E-state index in [9.17, 15) is 4.79 Å². The van der Waals surface area contributed by atoms with Gasteiger partial charge in [0, 0.05) is 19.1 Å². The van der Waals surface area contributed by atoms with Crippen LogP contribution < -0.4 is 5.32 Å². The molecule has 0 spiro atoms. The molecule has 1 heterocycles. The number of hydrogen-bond acceptors (Lipinski definition) is 1. The number of piperidine rings is 1. The standard InChI is InChI=1S/C13H26N2O/c1-5-12(10(2)3)14-13(16)15-8-6-7-11(4)9-15/h10-12H,5-9H2,1-4H3,(H,14,16). The topological polar surface area (TPSA) is 32.3 Å². The number of rotatable bonds is 3. The lowest BCUT2D eigenvalue weighted by molar-refractivity contribution is 0.163. The maximum atomic E-state index is 12.0. The van der Waals surface area contributed by atoms with E-state index >= 15 is 0 Å². The number of amides is 2. The Hall–Kier alpha value is -0.730. The molecule has 2 atom stereocenters. The highest BCUT2D eigenvalue weighted by Crippen LogP contribution is 2.16. The molecular weight excluding hydrogens is 200 g/mol. The molecule has 0 aromatic carbocycles. The van der Waals surface area contributed by atoms with Crippen LogP contribution in [-0.4, -0.2) is 30.1 Å². The van der Waals surface area contributed by atoms with Crippen molar-refractivity contribution in [1.29, 1.82) is 0 Å². The number of hydrogen-bond donors (Lipinski definition) is 1. The van der Waals surface area contributed by atoms with Crippen LogP contribution in [0, 0.1) is 11.8 Å². The fraction of sp³-hybridized carbons (Fsp3) is 0.923. The maximum absolute atomic E-state index is 12.0. The number of carbonyl (C=O) groups is 1. The van der Waals surface area contributed by atoms with E-state index in [4.69, 9.17) is 0 Å². The van der Waals surface area contributed by atoms with Crippen molar-refractivity contribution < 1.29 is 4.79 Å². The molecule has 0 aliphatic carbocycles. The highest BCUT2D eigenvalue weighted by atomic mass is 16.2. The van der Waals surface area contributed by atoms with E-state index in [1.54, 1.807) is 0 Å². The Morgan fingerprint density at radius 3 is 2.69 bits per heavy atom. The summed E-state index contributed by atoms with van der Waals surface area (Å²) in [6.07, 6.45) is 3.41. The van der Waals surface area contributed by atoms with Gasteiger partial charge in [-0.3, -0.25) is 0 Å². The minimum atomic E-state index is 0.132. The second kappa shape index (κ2) is 6.12. The van der Waals surface area contributed by atoms with Gasteiger partial charge in [0.2, 0.25) is 0 Å². The van der Waals surface area contributed by atoms with Crippen molar-refractivity contribution in [3.8, 4) is 0 Å². The SMILES string of the molecule is CCC(NC(=O)N1CCCC(C)C1)C(C)C. The first-order valence-electron chi connectivity index (χ1n) is 6.60. The van der Waals surface area contributed by atoms with Crippen LogP contribution in [0.2, 0.25) is 0 Å². The van der Waals surface area contributed by atoms with Gasteiger partial charge in [-0.1, -0.05) is 27.7 Å². The molecule has 1 N–H and O–H groups in total. The fourth-order valence-electron chi connectivity index (χ4n) is 2.36. The van der Waals surface area contributed by atoms with Gasteiger partial charge < -0.3 is 10.2 Å². The average molecular weight is 226 g/mol. The Balaban J connectivity index is 2.44. The number of nitrogens with zero attached hydrogens (tertiary/aromatic N) is 1. The average Bonchev–Trinajstić information content (AvgIpc) is 2.25. The summed E-state index contributed by atoms with van der Waals surface area (Å²) in [5, 5.41) is 3.14. The molecule has 0 radical (unpaired) electrons.